The molecule has 1 N–H and O–H groups in total. The van der Waals surface area contributed by atoms with Crippen molar-refractivity contribution in [3.8, 4) is 0 Å². The quantitative estimate of drug-likeness (QED) is 0.857. The number of nitrogens with one attached hydrogen (secondary N) is 1. The lowest BCUT2D eigenvalue weighted by molar-refractivity contribution is 0.0535. The molecule has 1 fully saturated rings. The van der Waals surface area contributed by atoms with E-state index in [0.29, 0.717) is 17.5 Å². The zero-order valence-electron chi connectivity index (χ0n) is 14.1. The summed E-state index contributed by atoms with van der Waals surface area (Å²) in [5.41, 5.74) is 1.73. The van der Waals surface area contributed by atoms with Crippen LogP contribution in [0.5, 0.6) is 0 Å². The molecule has 0 aromatic heterocycles. The van der Waals surface area contributed by atoms with E-state index in [1.165, 1.54) is 18.4 Å². The molecule has 0 saturated carbocycles. The maximum absolute atomic E-state index is 5.49. The summed E-state index contributed by atoms with van der Waals surface area (Å²) in [5.74, 6) is 0.741. The Kier molecular flexibility index (Phi) is 5.83. The Hall–Kier alpha value is -0.860. The molecule has 1 heterocycles. The fourth-order valence-electron chi connectivity index (χ4n) is 3.24. The predicted molar refractivity (Wildman–Crippen MR) is 89.4 cm³/mol. The maximum atomic E-state index is 5.49. The van der Waals surface area contributed by atoms with Crippen molar-refractivity contribution < 1.29 is 4.74 Å². The monoisotopic (exact) mass is 289 g/mol. The zero-order valence-corrected chi connectivity index (χ0v) is 14.1. The highest BCUT2D eigenvalue weighted by Crippen LogP contribution is 2.31. The van der Waals surface area contributed by atoms with E-state index in [1.54, 1.807) is 0 Å². The van der Waals surface area contributed by atoms with Gasteiger partial charge in [-0.3, -0.25) is 0 Å². The normalized spacial score (nSPS) is 20.2. The van der Waals surface area contributed by atoms with E-state index in [0.717, 1.165) is 25.6 Å². The van der Waals surface area contributed by atoms with Gasteiger partial charge in [0.25, 0.3) is 0 Å². The van der Waals surface area contributed by atoms with Gasteiger partial charge in [-0.1, -0.05) is 51.1 Å². The smallest absolute Gasteiger partial charge is 0.0469 e. The number of benzene rings is 1. The van der Waals surface area contributed by atoms with Crippen LogP contribution in [0.25, 0.3) is 0 Å². The Bertz CT molecular complexity index is 403. The van der Waals surface area contributed by atoms with Crippen molar-refractivity contribution >= 4 is 0 Å². The van der Waals surface area contributed by atoms with E-state index in [-0.39, 0.29) is 0 Å². The summed E-state index contributed by atoms with van der Waals surface area (Å²) in [4.78, 5) is 0. The number of ether oxygens (including phenoxy) is 1. The van der Waals surface area contributed by atoms with E-state index in [9.17, 15) is 0 Å². The molecule has 0 bridgehead atoms. The van der Waals surface area contributed by atoms with Gasteiger partial charge in [0, 0.05) is 25.3 Å². The van der Waals surface area contributed by atoms with E-state index < -0.39 is 0 Å². The lowest BCUT2D eigenvalue weighted by Gasteiger charge is -2.34. The molecular weight excluding hydrogens is 258 g/mol. The third-order valence-electron chi connectivity index (χ3n) is 4.46. The summed E-state index contributed by atoms with van der Waals surface area (Å²) in [6.07, 6.45) is 3.53. The fraction of sp³-hybridized carbons (Fsp3) is 0.684. The Morgan fingerprint density at radius 1 is 1.14 bits per heavy atom. The molecule has 0 aliphatic carbocycles. The van der Waals surface area contributed by atoms with Gasteiger partial charge in [-0.2, -0.15) is 0 Å². The van der Waals surface area contributed by atoms with Crippen LogP contribution in [0, 0.1) is 11.3 Å². The predicted octanol–water partition coefficient (Wildman–Crippen LogP) is 4.57. The molecule has 1 saturated heterocycles. The highest BCUT2D eigenvalue weighted by molar-refractivity contribution is 5.19. The molecule has 1 aliphatic heterocycles. The van der Waals surface area contributed by atoms with Crippen molar-refractivity contribution in [1.82, 2.24) is 5.32 Å². The molecule has 0 spiro atoms. The molecule has 1 aromatic rings. The molecular formula is C19H31NO. The van der Waals surface area contributed by atoms with Crippen molar-refractivity contribution in [1.29, 1.82) is 0 Å². The van der Waals surface area contributed by atoms with Crippen molar-refractivity contribution in [3.63, 3.8) is 0 Å². The Labute approximate surface area is 130 Å². The van der Waals surface area contributed by atoms with Crippen molar-refractivity contribution in [2.24, 2.45) is 11.3 Å². The van der Waals surface area contributed by atoms with Crippen LogP contribution in [0.15, 0.2) is 30.3 Å². The SMILES string of the molecule is CC(NC(CC(C)(C)C)c1ccccc1)C1CCOCC1. The average molecular weight is 289 g/mol. The second-order valence-corrected chi connectivity index (χ2v) is 7.63. The Morgan fingerprint density at radius 2 is 1.76 bits per heavy atom. The van der Waals surface area contributed by atoms with Crippen LogP contribution < -0.4 is 5.32 Å². The van der Waals surface area contributed by atoms with Gasteiger partial charge < -0.3 is 10.1 Å². The second kappa shape index (κ2) is 7.42. The second-order valence-electron chi connectivity index (χ2n) is 7.63. The van der Waals surface area contributed by atoms with Crippen molar-refractivity contribution in [2.75, 3.05) is 13.2 Å². The van der Waals surface area contributed by atoms with Crippen LogP contribution in [0.4, 0.5) is 0 Å². The first-order valence-electron chi connectivity index (χ1n) is 8.34. The Balaban J connectivity index is 2.04. The van der Waals surface area contributed by atoms with Gasteiger partial charge in [0.15, 0.2) is 0 Å². The highest BCUT2D eigenvalue weighted by atomic mass is 16.5. The summed E-state index contributed by atoms with van der Waals surface area (Å²) in [6, 6.07) is 11.9. The summed E-state index contributed by atoms with van der Waals surface area (Å²) in [6.45, 7) is 11.2. The van der Waals surface area contributed by atoms with Crippen LogP contribution >= 0.6 is 0 Å². The molecule has 0 amide bonds. The third kappa shape index (κ3) is 5.44. The van der Waals surface area contributed by atoms with Gasteiger partial charge in [0.05, 0.1) is 0 Å². The molecule has 2 heteroatoms. The van der Waals surface area contributed by atoms with Gasteiger partial charge in [-0.05, 0) is 43.1 Å². The van der Waals surface area contributed by atoms with Crippen LogP contribution in [0.3, 0.4) is 0 Å². The molecule has 2 atom stereocenters. The standard InChI is InChI=1S/C19H31NO/c1-15(16-10-12-21-13-11-16)20-18(14-19(2,3)4)17-8-6-5-7-9-17/h5-9,15-16,18,20H,10-14H2,1-4H3. The summed E-state index contributed by atoms with van der Waals surface area (Å²) in [5, 5.41) is 3.90. The van der Waals surface area contributed by atoms with Gasteiger partial charge >= 0.3 is 0 Å². The van der Waals surface area contributed by atoms with E-state index in [2.05, 4.69) is 63.3 Å². The average Bonchev–Trinajstić information content (AvgIpc) is 2.47. The molecule has 21 heavy (non-hydrogen) atoms. The van der Waals surface area contributed by atoms with E-state index >= 15 is 0 Å². The number of hydrogen-bond donors (Lipinski definition) is 1. The molecule has 118 valence electrons. The highest BCUT2D eigenvalue weighted by Gasteiger charge is 2.26. The van der Waals surface area contributed by atoms with Crippen molar-refractivity contribution in [2.45, 2.75) is 59.0 Å². The molecule has 1 aromatic carbocycles. The number of rotatable bonds is 5. The Morgan fingerprint density at radius 3 is 2.33 bits per heavy atom. The zero-order chi connectivity index (χ0) is 15.3. The minimum Gasteiger partial charge on any atom is -0.381 e. The van der Waals surface area contributed by atoms with Gasteiger partial charge in [0.1, 0.15) is 0 Å². The molecule has 0 radical (unpaired) electrons. The van der Waals surface area contributed by atoms with E-state index in [1.807, 2.05) is 0 Å². The first kappa shape index (κ1) is 16.5. The molecule has 2 unspecified atom stereocenters. The lowest BCUT2D eigenvalue weighted by atomic mass is 9.84. The summed E-state index contributed by atoms with van der Waals surface area (Å²) < 4.78 is 5.49. The van der Waals surface area contributed by atoms with Crippen molar-refractivity contribution in [3.05, 3.63) is 35.9 Å². The van der Waals surface area contributed by atoms with Gasteiger partial charge in [-0.15, -0.1) is 0 Å². The van der Waals surface area contributed by atoms with Crippen LogP contribution in [-0.4, -0.2) is 19.3 Å². The molecule has 2 nitrogen and oxygen atoms in total. The van der Waals surface area contributed by atoms with E-state index in [4.69, 9.17) is 4.74 Å². The minimum absolute atomic E-state index is 0.322. The maximum Gasteiger partial charge on any atom is 0.0469 e. The minimum atomic E-state index is 0.322. The molecule has 2 rings (SSSR count). The topological polar surface area (TPSA) is 21.3 Å². The number of hydrogen-bond acceptors (Lipinski definition) is 2. The fourth-order valence-corrected chi connectivity index (χ4v) is 3.24. The summed E-state index contributed by atoms with van der Waals surface area (Å²) >= 11 is 0. The first-order chi connectivity index (χ1) is 9.96. The lowest BCUT2D eigenvalue weighted by Crippen LogP contribution is -2.40. The van der Waals surface area contributed by atoms with Crippen LogP contribution in [0.1, 0.15) is 58.6 Å². The first-order valence-corrected chi connectivity index (χ1v) is 8.34. The largest absolute Gasteiger partial charge is 0.381 e. The molecule has 1 aliphatic rings. The van der Waals surface area contributed by atoms with Gasteiger partial charge in [-0.25, -0.2) is 0 Å². The van der Waals surface area contributed by atoms with Crippen LogP contribution in [-0.2, 0) is 4.74 Å². The van der Waals surface area contributed by atoms with Gasteiger partial charge in [0.2, 0.25) is 0 Å². The van der Waals surface area contributed by atoms with Crippen LogP contribution in [0.2, 0.25) is 0 Å². The third-order valence-corrected chi connectivity index (χ3v) is 4.46. The summed E-state index contributed by atoms with van der Waals surface area (Å²) in [7, 11) is 0.